The summed E-state index contributed by atoms with van der Waals surface area (Å²) in [6.07, 6.45) is 2.46. The minimum atomic E-state index is -0.252. The molecule has 238 valence electrons. The van der Waals surface area contributed by atoms with E-state index in [-0.39, 0.29) is 17.6 Å². The number of amides is 1. The number of ether oxygens (including phenoxy) is 1. The van der Waals surface area contributed by atoms with Crippen molar-refractivity contribution >= 4 is 16.8 Å². The maximum atomic E-state index is 14.4. The standard InChI is InChI=1S/C41H40FN3O2/c1-43(2)24-25-44(28-31-12-5-3-6-13-31)41(46)27-38(33-14-11-17-36(26-33)47-35-15-7-4-8-16-35)39-30-45(40-19-10-9-18-37(39)40)29-32-20-22-34(42)23-21-32/h3-23,26,30,38H,24-25,27-29H2,1-2H3. The summed E-state index contributed by atoms with van der Waals surface area (Å²) in [5.41, 5.74) is 5.24. The first-order valence-electron chi connectivity index (χ1n) is 16.0. The molecule has 0 spiro atoms. The summed E-state index contributed by atoms with van der Waals surface area (Å²) < 4.78 is 22.2. The van der Waals surface area contributed by atoms with Crippen molar-refractivity contribution in [2.45, 2.75) is 25.4 Å². The monoisotopic (exact) mass is 625 g/mol. The number of aromatic nitrogens is 1. The number of likely N-dealkylation sites (N-methyl/N-ethyl adjacent to an activating group) is 1. The Hall–Kier alpha value is -5.20. The average molecular weight is 626 g/mol. The number of carbonyl (C=O) groups is 1. The van der Waals surface area contributed by atoms with Crippen LogP contribution in [-0.2, 0) is 17.9 Å². The molecule has 1 amide bonds. The number of para-hydroxylation sites is 2. The van der Waals surface area contributed by atoms with Gasteiger partial charge in [0, 0.05) is 55.6 Å². The van der Waals surface area contributed by atoms with Gasteiger partial charge in [-0.05, 0) is 78.8 Å². The lowest BCUT2D eigenvalue weighted by molar-refractivity contribution is -0.132. The molecule has 5 nitrogen and oxygen atoms in total. The second kappa shape index (κ2) is 14.9. The fourth-order valence-corrected chi connectivity index (χ4v) is 6.02. The molecule has 1 atom stereocenters. The van der Waals surface area contributed by atoms with Gasteiger partial charge in [0.15, 0.2) is 0 Å². The third-order valence-electron chi connectivity index (χ3n) is 8.47. The number of rotatable bonds is 13. The molecular weight excluding hydrogens is 585 g/mol. The Morgan fingerprint density at radius 2 is 1.43 bits per heavy atom. The number of hydrogen-bond donors (Lipinski definition) is 0. The maximum absolute atomic E-state index is 14.4. The molecule has 6 rings (SSSR count). The largest absolute Gasteiger partial charge is 0.457 e. The van der Waals surface area contributed by atoms with E-state index in [0.29, 0.717) is 26.1 Å². The van der Waals surface area contributed by atoms with Crippen LogP contribution in [0.5, 0.6) is 11.5 Å². The van der Waals surface area contributed by atoms with Crippen LogP contribution < -0.4 is 4.74 Å². The summed E-state index contributed by atoms with van der Waals surface area (Å²) in [6.45, 7) is 2.52. The van der Waals surface area contributed by atoms with Crippen LogP contribution in [0.2, 0.25) is 0 Å². The quantitative estimate of drug-likeness (QED) is 0.129. The summed E-state index contributed by atoms with van der Waals surface area (Å²) in [6, 6.07) is 42.9. The molecule has 0 radical (unpaired) electrons. The van der Waals surface area contributed by atoms with Crippen LogP contribution >= 0.6 is 0 Å². The van der Waals surface area contributed by atoms with E-state index in [4.69, 9.17) is 4.74 Å². The van der Waals surface area contributed by atoms with E-state index in [1.54, 1.807) is 0 Å². The number of carbonyl (C=O) groups excluding carboxylic acids is 1. The highest BCUT2D eigenvalue weighted by Crippen LogP contribution is 2.37. The fraction of sp³-hybridized carbons (Fsp3) is 0.195. The zero-order chi connectivity index (χ0) is 32.6. The van der Waals surface area contributed by atoms with Gasteiger partial charge in [0.05, 0.1) is 0 Å². The summed E-state index contributed by atoms with van der Waals surface area (Å²) in [4.78, 5) is 18.5. The van der Waals surface area contributed by atoms with Crippen molar-refractivity contribution in [1.29, 1.82) is 0 Å². The van der Waals surface area contributed by atoms with Gasteiger partial charge in [-0.3, -0.25) is 4.79 Å². The first-order valence-corrected chi connectivity index (χ1v) is 16.0. The highest BCUT2D eigenvalue weighted by Gasteiger charge is 2.26. The smallest absolute Gasteiger partial charge is 0.223 e. The second-order valence-electron chi connectivity index (χ2n) is 12.2. The molecule has 1 heterocycles. The molecule has 0 bridgehead atoms. The van der Waals surface area contributed by atoms with Gasteiger partial charge in [-0.2, -0.15) is 0 Å². The van der Waals surface area contributed by atoms with Gasteiger partial charge in [0.2, 0.25) is 5.91 Å². The lowest BCUT2D eigenvalue weighted by Gasteiger charge is -2.27. The van der Waals surface area contributed by atoms with E-state index in [9.17, 15) is 9.18 Å². The minimum absolute atomic E-state index is 0.0884. The van der Waals surface area contributed by atoms with E-state index < -0.39 is 0 Å². The van der Waals surface area contributed by atoms with E-state index in [2.05, 4.69) is 52.1 Å². The Labute approximate surface area is 276 Å². The van der Waals surface area contributed by atoms with E-state index >= 15 is 0 Å². The molecule has 0 N–H and O–H groups in total. The molecule has 1 unspecified atom stereocenters. The van der Waals surface area contributed by atoms with Gasteiger partial charge in [0.25, 0.3) is 0 Å². The molecule has 0 saturated carbocycles. The van der Waals surface area contributed by atoms with Gasteiger partial charge in [-0.25, -0.2) is 4.39 Å². The van der Waals surface area contributed by atoms with Crippen molar-refractivity contribution in [2.75, 3.05) is 27.2 Å². The van der Waals surface area contributed by atoms with Crippen molar-refractivity contribution in [3.8, 4) is 11.5 Å². The maximum Gasteiger partial charge on any atom is 0.223 e. The molecule has 6 aromatic rings. The van der Waals surface area contributed by atoms with E-state index in [1.807, 2.05) is 104 Å². The molecule has 0 aliphatic carbocycles. The van der Waals surface area contributed by atoms with Crippen LogP contribution in [0.4, 0.5) is 4.39 Å². The third kappa shape index (κ3) is 8.15. The van der Waals surface area contributed by atoms with Gasteiger partial charge in [0.1, 0.15) is 17.3 Å². The lowest BCUT2D eigenvalue weighted by Crippen LogP contribution is -2.37. The highest BCUT2D eigenvalue weighted by atomic mass is 19.1. The van der Waals surface area contributed by atoms with Crippen molar-refractivity contribution < 1.29 is 13.9 Å². The molecule has 0 saturated heterocycles. The van der Waals surface area contributed by atoms with Crippen molar-refractivity contribution in [1.82, 2.24) is 14.4 Å². The molecule has 0 aliphatic rings. The predicted molar refractivity (Wildman–Crippen MR) is 187 cm³/mol. The van der Waals surface area contributed by atoms with E-state index in [1.165, 1.54) is 12.1 Å². The molecule has 0 fully saturated rings. The van der Waals surface area contributed by atoms with Crippen LogP contribution in [0.3, 0.4) is 0 Å². The number of hydrogen-bond acceptors (Lipinski definition) is 3. The van der Waals surface area contributed by atoms with Crippen LogP contribution in [0, 0.1) is 5.82 Å². The van der Waals surface area contributed by atoms with Gasteiger partial charge >= 0.3 is 0 Å². The average Bonchev–Trinajstić information content (AvgIpc) is 3.45. The first-order chi connectivity index (χ1) is 22.9. The fourth-order valence-electron chi connectivity index (χ4n) is 6.02. The van der Waals surface area contributed by atoms with Crippen molar-refractivity contribution in [3.05, 3.63) is 168 Å². The highest BCUT2D eigenvalue weighted by molar-refractivity contribution is 5.87. The van der Waals surface area contributed by atoms with Crippen LogP contribution in [0.15, 0.2) is 140 Å². The minimum Gasteiger partial charge on any atom is -0.457 e. The number of fused-ring (bicyclic) bond motifs is 1. The summed E-state index contributed by atoms with van der Waals surface area (Å²) in [5, 5.41) is 1.09. The van der Waals surface area contributed by atoms with Crippen LogP contribution in [0.25, 0.3) is 10.9 Å². The topological polar surface area (TPSA) is 37.7 Å². The molecular formula is C41H40FN3O2. The van der Waals surface area contributed by atoms with Gasteiger partial charge < -0.3 is 19.1 Å². The molecule has 5 aromatic carbocycles. The number of benzene rings is 5. The predicted octanol–water partition coefficient (Wildman–Crippen LogP) is 8.73. The number of halogens is 1. The zero-order valence-electron chi connectivity index (χ0n) is 26.9. The van der Waals surface area contributed by atoms with E-state index in [0.717, 1.165) is 51.2 Å². The summed E-state index contributed by atoms with van der Waals surface area (Å²) in [5.74, 6) is 1.07. The molecule has 0 aliphatic heterocycles. The Bertz CT molecular complexity index is 1900. The van der Waals surface area contributed by atoms with Crippen molar-refractivity contribution in [2.24, 2.45) is 0 Å². The Balaban J connectivity index is 1.40. The van der Waals surface area contributed by atoms with Crippen molar-refractivity contribution in [3.63, 3.8) is 0 Å². The molecule has 1 aromatic heterocycles. The van der Waals surface area contributed by atoms with Gasteiger partial charge in [-0.15, -0.1) is 0 Å². The lowest BCUT2D eigenvalue weighted by atomic mass is 9.87. The number of nitrogens with zero attached hydrogens (tertiary/aromatic N) is 3. The SMILES string of the molecule is CN(C)CCN(Cc1ccccc1)C(=O)CC(c1cccc(Oc2ccccc2)c1)c1cn(Cc2ccc(F)cc2)c2ccccc12. The third-order valence-corrected chi connectivity index (χ3v) is 8.47. The molecule has 47 heavy (non-hydrogen) atoms. The normalized spacial score (nSPS) is 11.9. The Kier molecular flexibility index (Phi) is 10.1. The van der Waals surface area contributed by atoms with Gasteiger partial charge in [-0.1, -0.05) is 91.0 Å². The molecule has 6 heteroatoms. The first kappa shape index (κ1) is 31.8. The van der Waals surface area contributed by atoms with Crippen LogP contribution in [-0.4, -0.2) is 47.5 Å². The van der Waals surface area contributed by atoms with Crippen LogP contribution in [0.1, 0.15) is 34.6 Å². The Morgan fingerprint density at radius 3 is 2.17 bits per heavy atom. The Morgan fingerprint density at radius 1 is 0.745 bits per heavy atom. The zero-order valence-corrected chi connectivity index (χ0v) is 26.9. The summed E-state index contributed by atoms with van der Waals surface area (Å²) >= 11 is 0. The second-order valence-corrected chi connectivity index (χ2v) is 12.2. The summed E-state index contributed by atoms with van der Waals surface area (Å²) in [7, 11) is 4.06.